The third kappa shape index (κ3) is 14.2. The lowest BCUT2D eigenvalue weighted by Crippen LogP contribution is -2.60. The van der Waals surface area contributed by atoms with Crippen LogP contribution in [-0.2, 0) is 35.1 Å². The number of ether oxygens (including phenoxy) is 2. The Labute approximate surface area is 334 Å². The lowest BCUT2D eigenvalue weighted by molar-refractivity contribution is -0.153. The number of nitrogens with two attached hydrogens (primary N) is 1. The van der Waals surface area contributed by atoms with Crippen molar-refractivity contribution in [2.75, 3.05) is 20.2 Å². The number of amides is 5. The molecule has 15 heteroatoms. The molecule has 4 unspecified atom stereocenters. The van der Waals surface area contributed by atoms with E-state index in [1.54, 1.807) is 37.1 Å². The molecule has 1 aromatic heterocycles. The van der Waals surface area contributed by atoms with Gasteiger partial charge in [-0.3, -0.25) is 34.7 Å². The molecule has 1 fully saturated rings. The van der Waals surface area contributed by atoms with E-state index in [1.807, 2.05) is 49.4 Å². The lowest BCUT2D eigenvalue weighted by Gasteiger charge is -2.36. The molecule has 6 N–H and O–H groups in total. The molecular weight excluding hydrogens is 731 g/mol. The van der Waals surface area contributed by atoms with Gasteiger partial charge in [0.15, 0.2) is 0 Å². The standard InChI is InChI=1S/C42H57N7O8/c1-5-14-37(51)57-35(26-49(25-29-17-10-7-11-18-29)48-41(54)38(27(2)3)47-42(55)56-4)34(23-28-15-8-6-9-16-28)45-39(52)31(43)24-36(50)46-40(53)33-22-21-30-19-12-13-20-32(30)44-33/h6,8-9,12-13,15-16,19-22,27,29,31,34-35,38H,5,7,10-11,14,17-18,23-26,43H2,1-4H3,(H,45,52)(H,47,55)(H,48,54)(H,46,50,53). The minimum atomic E-state index is -1.37. The van der Waals surface area contributed by atoms with Crippen molar-refractivity contribution < 1.29 is 38.2 Å². The monoisotopic (exact) mass is 787 g/mol. The Bertz CT molecular complexity index is 1820. The first-order chi connectivity index (χ1) is 27.4. The van der Waals surface area contributed by atoms with Crippen molar-refractivity contribution in [2.24, 2.45) is 17.6 Å². The number of hydrazine groups is 1. The van der Waals surface area contributed by atoms with Gasteiger partial charge in [0, 0.05) is 18.4 Å². The van der Waals surface area contributed by atoms with Crippen LogP contribution in [0.4, 0.5) is 4.79 Å². The number of imide groups is 1. The minimum absolute atomic E-state index is 0.0124. The van der Waals surface area contributed by atoms with Crippen LogP contribution in [-0.4, -0.2) is 90.1 Å². The van der Waals surface area contributed by atoms with Gasteiger partial charge < -0.3 is 25.8 Å². The largest absolute Gasteiger partial charge is 0.459 e. The van der Waals surface area contributed by atoms with Gasteiger partial charge in [-0.2, -0.15) is 0 Å². The number of nitrogens with zero attached hydrogens (tertiary/aromatic N) is 2. The molecule has 4 atom stereocenters. The molecule has 0 bridgehead atoms. The number of para-hydroxylation sites is 1. The summed E-state index contributed by atoms with van der Waals surface area (Å²) in [4.78, 5) is 83.1. The number of nitrogens with one attached hydrogen (secondary N) is 4. The quantitative estimate of drug-likeness (QED) is 0.0868. The Kier molecular flexibility index (Phi) is 17.4. The average Bonchev–Trinajstić information content (AvgIpc) is 3.19. The molecule has 0 aliphatic heterocycles. The van der Waals surface area contributed by atoms with Gasteiger partial charge in [-0.05, 0) is 55.2 Å². The van der Waals surface area contributed by atoms with Crippen molar-refractivity contribution in [3.63, 3.8) is 0 Å². The summed E-state index contributed by atoms with van der Waals surface area (Å²) < 4.78 is 10.9. The van der Waals surface area contributed by atoms with E-state index in [4.69, 9.17) is 15.2 Å². The number of fused-ring (bicyclic) bond motifs is 1. The van der Waals surface area contributed by atoms with Gasteiger partial charge in [0.05, 0.1) is 37.7 Å². The highest BCUT2D eigenvalue weighted by atomic mass is 16.5. The molecule has 57 heavy (non-hydrogen) atoms. The number of benzene rings is 2. The van der Waals surface area contributed by atoms with Gasteiger partial charge in [-0.15, -0.1) is 0 Å². The SMILES string of the molecule is CCCC(=O)OC(CN(CC1CCCCC1)NC(=O)C(NC(=O)OC)C(C)C)C(Cc1ccccc1)NC(=O)C(N)CC(=O)NC(=O)c1ccc2ccccc2n1. The second-order valence-electron chi connectivity index (χ2n) is 14.9. The van der Waals surface area contributed by atoms with Crippen LogP contribution in [0, 0.1) is 11.8 Å². The van der Waals surface area contributed by atoms with E-state index in [0.717, 1.165) is 43.1 Å². The zero-order chi connectivity index (χ0) is 41.3. The van der Waals surface area contributed by atoms with Crippen LogP contribution in [0.15, 0.2) is 66.7 Å². The second-order valence-corrected chi connectivity index (χ2v) is 14.9. The van der Waals surface area contributed by atoms with E-state index in [0.29, 0.717) is 18.5 Å². The molecular formula is C42H57N7O8. The third-order valence-electron chi connectivity index (χ3n) is 9.92. The molecule has 1 aliphatic carbocycles. The van der Waals surface area contributed by atoms with Gasteiger partial charge in [-0.25, -0.2) is 14.8 Å². The maximum Gasteiger partial charge on any atom is 0.407 e. The first kappa shape index (κ1) is 44.3. The van der Waals surface area contributed by atoms with Gasteiger partial charge in [0.2, 0.25) is 11.8 Å². The highest BCUT2D eigenvalue weighted by molar-refractivity contribution is 6.05. The Balaban J connectivity index is 1.57. The summed E-state index contributed by atoms with van der Waals surface area (Å²) in [6, 6.07) is 16.6. The van der Waals surface area contributed by atoms with Crippen LogP contribution in [0.25, 0.3) is 10.9 Å². The number of esters is 1. The maximum absolute atomic E-state index is 13.8. The zero-order valence-corrected chi connectivity index (χ0v) is 33.3. The number of hydrogen-bond acceptors (Lipinski definition) is 11. The van der Waals surface area contributed by atoms with Crippen LogP contribution in [0.3, 0.4) is 0 Å². The Morgan fingerprint density at radius 1 is 0.895 bits per heavy atom. The van der Waals surface area contributed by atoms with E-state index in [1.165, 1.54) is 13.2 Å². The Morgan fingerprint density at radius 3 is 2.28 bits per heavy atom. The topological polar surface area (TPSA) is 211 Å². The van der Waals surface area contributed by atoms with Crippen LogP contribution in [0.5, 0.6) is 0 Å². The predicted molar refractivity (Wildman–Crippen MR) is 214 cm³/mol. The lowest BCUT2D eigenvalue weighted by atomic mass is 9.89. The number of methoxy groups -OCH3 is 1. The molecule has 4 rings (SSSR count). The summed E-state index contributed by atoms with van der Waals surface area (Å²) in [5.74, 6) is -3.23. The van der Waals surface area contributed by atoms with E-state index >= 15 is 0 Å². The van der Waals surface area contributed by atoms with Gasteiger partial charge in [0.1, 0.15) is 17.8 Å². The number of carbonyl (C=O) groups is 6. The Hall–Kier alpha value is -5.41. The van der Waals surface area contributed by atoms with Crippen LogP contribution in [0.1, 0.15) is 88.2 Å². The zero-order valence-electron chi connectivity index (χ0n) is 33.3. The summed E-state index contributed by atoms with van der Waals surface area (Å²) >= 11 is 0. The fourth-order valence-electron chi connectivity index (χ4n) is 6.85. The summed E-state index contributed by atoms with van der Waals surface area (Å²) in [5, 5.41) is 10.3. The summed E-state index contributed by atoms with van der Waals surface area (Å²) in [7, 11) is 1.22. The minimum Gasteiger partial charge on any atom is -0.459 e. The number of alkyl carbamates (subject to hydrolysis) is 1. The van der Waals surface area contributed by atoms with Crippen molar-refractivity contribution in [2.45, 2.75) is 103 Å². The van der Waals surface area contributed by atoms with Crippen molar-refractivity contribution in [1.29, 1.82) is 0 Å². The maximum atomic E-state index is 13.8. The van der Waals surface area contributed by atoms with E-state index in [-0.39, 0.29) is 36.9 Å². The van der Waals surface area contributed by atoms with Crippen LogP contribution in [0.2, 0.25) is 0 Å². The molecule has 0 saturated heterocycles. The molecule has 1 heterocycles. The van der Waals surface area contributed by atoms with Crippen molar-refractivity contribution in [3.8, 4) is 0 Å². The number of carbonyl (C=O) groups excluding carboxylic acids is 6. The molecule has 15 nitrogen and oxygen atoms in total. The molecule has 0 spiro atoms. The van der Waals surface area contributed by atoms with Crippen molar-refractivity contribution in [1.82, 2.24) is 31.4 Å². The average molecular weight is 788 g/mol. The first-order valence-corrected chi connectivity index (χ1v) is 19.8. The smallest absolute Gasteiger partial charge is 0.407 e. The second kappa shape index (κ2) is 22.4. The molecule has 1 aliphatic rings. The number of hydrogen-bond donors (Lipinski definition) is 5. The molecule has 0 radical (unpaired) electrons. The summed E-state index contributed by atoms with van der Waals surface area (Å²) in [5.41, 5.74) is 10.7. The van der Waals surface area contributed by atoms with E-state index in [2.05, 4.69) is 26.4 Å². The number of pyridine rings is 1. The molecule has 3 aromatic rings. The van der Waals surface area contributed by atoms with Gasteiger partial charge >= 0.3 is 12.1 Å². The van der Waals surface area contributed by atoms with Crippen molar-refractivity contribution in [3.05, 3.63) is 78.0 Å². The molecule has 5 amide bonds. The summed E-state index contributed by atoms with van der Waals surface area (Å²) in [6.07, 6.45) is 3.69. The first-order valence-electron chi connectivity index (χ1n) is 19.8. The molecule has 2 aromatic carbocycles. The fourth-order valence-corrected chi connectivity index (χ4v) is 6.85. The van der Waals surface area contributed by atoms with E-state index in [9.17, 15) is 28.8 Å². The third-order valence-corrected chi connectivity index (χ3v) is 9.92. The molecule has 1 saturated carbocycles. The molecule has 308 valence electrons. The fraction of sp³-hybridized carbons (Fsp3) is 0.500. The normalized spacial score (nSPS) is 15.2. The highest BCUT2D eigenvalue weighted by Gasteiger charge is 2.34. The van der Waals surface area contributed by atoms with Gasteiger partial charge in [0.25, 0.3) is 11.8 Å². The van der Waals surface area contributed by atoms with Crippen LogP contribution < -0.4 is 27.1 Å². The van der Waals surface area contributed by atoms with E-state index < -0.39 is 66.3 Å². The van der Waals surface area contributed by atoms with Crippen molar-refractivity contribution >= 4 is 46.6 Å². The van der Waals surface area contributed by atoms with Crippen LogP contribution >= 0.6 is 0 Å². The summed E-state index contributed by atoms with van der Waals surface area (Å²) in [6.45, 7) is 5.86. The predicted octanol–water partition coefficient (Wildman–Crippen LogP) is 3.94. The number of rotatable bonds is 19. The Morgan fingerprint density at radius 2 is 1.60 bits per heavy atom. The number of aromatic nitrogens is 1. The van der Waals surface area contributed by atoms with Gasteiger partial charge in [-0.1, -0.05) is 94.6 Å². The highest BCUT2D eigenvalue weighted by Crippen LogP contribution is 2.25.